The third kappa shape index (κ3) is 5.03. The molecule has 2 N–H and O–H groups in total. The first kappa shape index (κ1) is 14.7. The maximum absolute atomic E-state index is 3.96. The highest BCUT2D eigenvalue weighted by Crippen LogP contribution is 2.19. The maximum atomic E-state index is 3.96. The number of nitrogens with one attached hydrogen (secondary N) is 2. The number of hydrogen-bond acceptors (Lipinski definition) is 2. The molecule has 2 rings (SSSR count). The average Bonchev–Trinajstić information content (AvgIpc) is 2.51. The van der Waals surface area contributed by atoms with Crippen LogP contribution in [0.2, 0.25) is 0 Å². The van der Waals surface area contributed by atoms with E-state index >= 15 is 0 Å². The van der Waals surface area contributed by atoms with Crippen molar-refractivity contribution in [1.82, 2.24) is 0 Å². The van der Waals surface area contributed by atoms with Crippen LogP contribution in [0.15, 0.2) is 91.2 Å². The molecule has 0 aliphatic rings. The van der Waals surface area contributed by atoms with Gasteiger partial charge in [0.15, 0.2) is 0 Å². The number of anilines is 3. The van der Waals surface area contributed by atoms with E-state index in [0.29, 0.717) is 0 Å². The lowest BCUT2D eigenvalue weighted by Crippen LogP contribution is -1.95. The fourth-order valence-electron chi connectivity index (χ4n) is 1.83. The van der Waals surface area contributed by atoms with E-state index in [4.69, 9.17) is 0 Å². The second-order valence-electron chi connectivity index (χ2n) is 4.60. The summed E-state index contributed by atoms with van der Waals surface area (Å²) in [6, 6.07) is 18.3. The van der Waals surface area contributed by atoms with Gasteiger partial charge in [-0.15, -0.1) is 0 Å². The summed E-state index contributed by atoms with van der Waals surface area (Å²) >= 11 is 0. The van der Waals surface area contributed by atoms with Crippen molar-refractivity contribution in [1.29, 1.82) is 0 Å². The van der Waals surface area contributed by atoms with Gasteiger partial charge in [0.1, 0.15) is 0 Å². The molecule has 0 aromatic heterocycles. The lowest BCUT2D eigenvalue weighted by Gasteiger charge is -2.09. The van der Waals surface area contributed by atoms with Crippen molar-refractivity contribution >= 4 is 17.1 Å². The third-order valence-corrected chi connectivity index (χ3v) is 2.85. The molecule has 2 nitrogen and oxygen atoms in total. The van der Waals surface area contributed by atoms with Crippen molar-refractivity contribution in [3.05, 3.63) is 91.2 Å². The van der Waals surface area contributed by atoms with Crippen LogP contribution in [0.3, 0.4) is 0 Å². The number of hydrogen-bond donors (Lipinski definition) is 2. The molecule has 0 amide bonds. The SMILES string of the molecule is C=C(/C=C\C=C/C)Nc1ccc(Nc2ccccc2)cc1. The normalized spacial score (nSPS) is 10.9. The van der Waals surface area contributed by atoms with Gasteiger partial charge in [0.25, 0.3) is 0 Å². The number of allylic oxidation sites excluding steroid dienone is 4. The zero-order chi connectivity index (χ0) is 14.9. The summed E-state index contributed by atoms with van der Waals surface area (Å²) in [5, 5.41) is 6.60. The van der Waals surface area contributed by atoms with Gasteiger partial charge in [-0.25, -0.2) is 0 Å². The fraction of sp³-hybridized carbons (Fsp3) is 0.0526. The van der Waals surface area contributed by atoms with Gasteiger partial charge in [0.2, 0.25) is 0 Å². The largest absolute Gasteiger partial charge is 0.356 e. The van der Waals surface area contributed by atoms with E-state index < -0.39 is 0 Å². The highest BCUT2D eigenvalue weighted by Gasteiger charge is 1.95. The second kappa shape index (κ2) is 7.75. The van der Waals surface area contributed by atoms with Crippen molar-refractivity contribution in [2.24, 2.45) is 0 Å². The average molecular weight is 276 g/mol. The Morgan fingerprint density at radius 3 is 2.14 bits per heavy atom. The van der Waals surface area contributed by atoms with Crippen molar-refractivity contribution in [2.45, 2.75) is 6.92 Å². The molecule has 0 unspecified atom stereocenters. The van der Waals surface area contributed by atoms with Gasteiger partial charge in [0, 0.05) is 22.8 Å². The predicted molar refractivity (Wildman–Crippen MR) is 92.9 cm³/mol. The minimum Gasteiger partial charge on any atom is -0.356 e. The zero-order valence-corrected chi connectivity index (χ0v) is 12.2. The quantitative estimate of drug-likeness (QED) is 0.682. The van der Waals surface area contributed by atoms with Gasteiger partial charge < -0.3 is 10.6 Å². The molecule has 2 aromatic carbocycles. The fourth-order valence-corrected chi connectivity index (χ4v) is 1.83. The standard InChI is InChI=1S/C19H20N2/c1-3-4-6-9-16(2)20-18-12-14-19(15-13-18)21-17-10-7-5-8-11-17/h3-15,20-21H,2H2,1H3/b4-3-,9-6-. The number of para-hydroxylation sites is 1. The monoisotopic (exact) mass is 276 g/mol. The van der Waals surface area contributed by atoms with Crippen molar-refractivity contribution < 1.29 is 0 Å². The molecule has 0 radical (unpaired) electrons. The molecular formula is C19H20N2. The van der Waals surface area contributed by atoms with E-state index in [0.717, 1.165) is 22.8 Å². The van der Waals surface area contributed by atoms with Gasteiger partial charge >= 0.3 is 0 Å². The van der Waals surface area contributed by atoms with Gasteiger partial charge in [-0.05, 0) is 49.4 Å². The van der Waals surface area contributed by atoms with Crippen LogP contribution >= 0.6 is 0 Å². The van der Waals surface area contributed by atoms with Crippen LogP contribution in [-0.4, -0.2) is 0 Å². The van der Waals surface area contributed by atoms with E-state index in [1.165, 1.54) is 0 Å². The van der Waals surface area contributed by atoms with Gasteiger partial charge in [-0.2, -0.15) is 0 Å². The van der Waals surface area contributed by atoms with E-state index in [1.54, 1.807) is 0 Å². The summed E-state index contributed by atoms with van der Waals surface area (Å²) in [6.07, 6.45) is 7.85. The summed E-state index contributed by atoms with van der Waals surface area (Å²) in [4.78, 5) is 0. The first-order valence-corrected chi connectivity index (χ1v) is 6.95. The van der Waals surface area contributed by atoms with Crippen LogP contribution in [0.1, 0.15) is 6.92 Å². The highest BCUT2D eigenvalue weighted by atomic mass is 14.9. The Morgan fingerprint density at radius 1 is 0.857 bits per heavy atom. The molecule has 0 saturated carbocycles. The molecule has 2 heteroatoms. The van der Waals surface area contributed by atoms with E-state index in [9.17, 15) is 0 Å². The summed E-state index contributed by atoms with van der Waals surface area (Å²) in [5.41, 5.74) is 4.01. The van der Waals surface area contributed by atoms with Crippen LogP contribution in [-0.2, 0) is 0 Å². The minimum absolute atomic E-state index is 0.858. The lowest BCUT2D eigenvalue weighted by molar-refractivity contribution is 1.48. The summed E-state index contributed by atoms with van der Waals surface area (Å²) in [7, 11) is 0. The number of benzene rings is 2. The van der Waals surface area contributed by atoms with Gasteiger partial charge in [-0.3, -0.25) is 0 Å². The van der Waals surface area contributed by atoms with Crippen LogP contribution in [0, 0.1) is 0 Å². The Bertz CT molecular complexity index is 622. The summed E-state index contributed by atoms with van der Waals surface area (Å²) in [6.45, 7) is 5.95. The Morgan fingerprint density at radius 2 is 1.48 bits per heavy atom. The smallest absolute Gasteiger partial charge is 0.0385 e. The second-order valence-corrected chi connectivity index (χ2v) is 4.60. The molecule has 0 spiro atoms. The Kier molecular flexibility index (Phi) is 5.41. The topological polar surface area (TPSA) is 24.1 Å². The van der Waals surface area contributed by atoms with Crippen LogP contribution in [0.4, 0.5) is 17.1 Å². The van der Waals surface area contributed by atoms with Crippen LogP contribution in [0.25, 0.3) is 0 Å². The minimum atomic E-state index is 0.858. The molecule has 21 heavy (non-hydrogen) atoms. The summed E-state index contributed by atoms with van der Waals surface area (Å²) < 4.78 is 0. The zero-order valence-electron chi connectivity index (χ0n) is 12.2. The molecule has 0 heterocycles. The van der Waals surface area contributed by atoms with Crippen molar-refractivity contribution in [3.63, 3.8) is 0 Å². The molecule has 0 aliphatic heterocycles. The highest BCUT2D eigenvalue weighted by molar-refractivity contribution is 5.63. The summed E-state index contributed by atoms with van der Waals surface area (Å²) in [5.74, 6) is 0. The Labute approximate surface area is 126 Å². The molecule has 2 aromatic rings. The number of rotatable bonds is 6. The van der Waals surface area contributed by atoms with Crippen molar-refractivity contribution in [3.8, 4) is 0 Å². The molecule has 0 atom stereocenters. The molecule has 0 saturated heterocycles. The Hall–Kier alpha value is -2.74. The molecule has 0 fully saturated rings. The van der Waals surface area contributed by atoms with Gasteiger partial charge in [-0.1, -0.05) is 43.0 Å². The first-order chi connectivity index (χ1) is 10.3. The molecule has 0 aliphatic carbocycles. The van der Waals surface area contributed by atoms with Gasteiger partial charge in [0.05, 0.1) is 0 Å². The van der Waals surface area contributed by atoms with Crippen LogP contribution in [0.5, 0.6) is 0 Å². The predicted octanol–water partition coefficient (Wildman–Crippen LogP) is 5.49. The van der Waals surface area contributed by atoms with E-state index in [1.807, 2.05) is 85.8 Å². The van der Waals surface area contributed by atoms with E-state index in [-0.39, 0.29) is 0 Å². The molecule has 0 bridgehead atoms. The first-order valence-electron chi connectivity index (χ1n) is 6.95. The molecule has 106 valence electrons. The van der Waals surface area contributed by atoms with Crippen LogP contribution < -0.4 is 10.6 Å². The van der Waals surface area contributed by atoms with Crippen molar-refractivity contribution in [2.75, 3.05) is 10.6 Å². The lowest BCUT2D eigenvalue weighted by atomic mass is 10.2. The molecular weight excluding hydrogens is 256 g/mol. The Balaban J connectivity index is 1.94. The maximum Gasteiger partial charge on any atom is 0.0385 e. The third-order valence-electron chi connectivity index (χ3n) is 2.85. The van der Waals surface area contributed by atoms with E-state index in [2.05, 4.69) is 17.2 Å².